The molecule has 4 rings (SSSR count). The first kappa shape index (κ1) is 19.9. The molecule has 30 heavy (non-hydrogen) atoms. The number of para-hydroxylation sites is 2. The maximum Gasteiger partial charge on any atom is 0.259 e. The van der Waals surface area contributed by atoms with Crippen LogP contribution in [0.15, 0.2) is 42.5 Å². The van der Waals surface area contributed by atoms with E-state index in [2.05, 4.69) is 4.90 Å². The molecule has 0 bridgehead atoms. The van der Waals surface area contributed by atoms with Crippen LogP contribution in [0.3, 0.4) is 0 Å². The van der Waals surface area contributed by atoms with Gasteiger partial charge in [0.15, 0.2) is 23.1 Å². The normalized spacial score (nSPS) is 13.7. The molecular formula is C23H26N4O3. The Hall–Kier alpha value is -3.35. The number of anilines is 2. The number of methoxy groups -OCH3 is 1. The highest BCUT2D eigenvalue weighted by molar-refractivity contribution is 6.07. The Bertz CT molecular complexity index is 1070. The molecule has 0 N–H and O–H groups in total. The van der Waals surface area contributed by atoms with Crippen LogP contribution >= 0.6 is 0 Å². The second kappa shape index (κ2) is 8.57. The van der Waals surface area contributed by atoms with Gasteiger partial charge < -0.3 is 14.4 Å². The highest BCUT2D eigenvalue weighted by atomic mass is 16.5. The third kappa shape index (κ3) is 3.75. The Morgan fingerprint density at radius 2 is 1.77 bits per heavy atom. The van der Waals surface area contributed by atoms with Crippen LogP contribution in [0.4, 0.5) is 11.6 Å². The molecule has 7 heteroatoms. The van der Waals surface area contributed by atoms with Crippen LogP contribution in [0.5, 0.6) is 11.5 Å². The number of carbonyl (C=O) groups is 1. The van der Waals surface area contributed by atoms with Crippen molar-refractivity contribution >= 4 is 28.6 Å². The van der Waals surface area contributed by atoms with Gasteiger partial charge in [-0.1, -0.05) is 19.1 Å². The summed E-state index contributed by atoms with van der Waals surface area (Å²) >= 11 is 0. The molecule has 0 radical (unpaired) electrons. The predicted octanol–water partition coefficient (Wildman–Crippen LogP) is 3.91. The number of hydrogen-bond acceptors (Lipinski definition) is 6. The van der Waals surface area contributed by atoms with E-state index in [1.54, 1.807) is 30.2 Å². The van der Waals surface area contributed by atoms with Crippen molar-refractivity contribution in [2.45, 2.75) is 19.8 Å². The van der Waals surface area contributed by atoms with E-state index in [1.807, 2.05) is 38.2 Å². The molecule has 1 aliphatic heterocycles. The second-order valence-corrected chi connectivity index (χ2v) is 7.31. The minimum absolute atomic E-state index is 0.128. The van der Waals surface area contributed by atoms with Gasteiger partial charge in [-0.25, -0.2) is 9.97 Å². The number of aromatic nitrogens is 2. The smallest absolute Gasteiger partial charge is 0.259 e. The van der Waals surface area contributed by atoms with Crippen molar-refractivity contribution in [3.8, 4) is 11.5 Å². The summed E-state index contributed by atoms with van der Waals surface area (Å²) in [6, 6.07) is 13.0. The topological polar surface area (TPSA) is 67.8 Å². The van der Waals surface area contributed by atoms with Crippen molar-refractivity contribution in [3.63, 3.8) is 0 Å². The Balaban J connectivity index is 1.74. The van der Waals surface area contributed by atoms with E-state index < -0.39 is 0 Å². The number of fused-ring (bicyclic) bond motifs is 2. The van der Waals surface area contributed by atoms with E-state index >= 15 is 0 Å². The summed E-state index contributed by atoms with van der Waals surface area (Å²) < 4.78 is 11.2. The first-order valence-corrected chi connectivity index (χ1v) is 10.2. The molecule has 2 heterocycles. The number of hydrogen-bond donors (Lipinski definition) is 0. The lowest BCUT2D eigenvalue weighted by molar-refractivity contribution is 0.0986. The average molecular weight is 406 g/mol. The summed E-state index contributed by atoms with van der Waals surface area (Å²) in [4.78, 5) is 26.9. The molecule has 0 saturated heterocycles. The largest absolute Gasteiger partial charge is 0.493 e. The fraction of sp³-hybridized carbons (Fsp3) is 0.348. The van der Waals surface area contributed by atoms with Gasteiger partial charge >= 0.3 is 0 Å². The van der Waals surface area contributed by atoms with Crippen LogP contribution in [0.25, 0.3) is 11.0 Å². The van der Waals surface area contributed by atoms with Crippen molar-refractivity contribution in [1.29, 1.82) is 0 Å². The zero-order valence-corrected chi connectivity index (χ0v) is 17.6. The van der Waals surface area contributed by atoms with E-state index in [-0.39, 0.29) is 5.91 Å². The van der Waals surface area contributed by atoms with Crippen LogP contribution in [0.2, 0.25) is 0 Å². The number of ether oxygens (including phenoxy) is 2. The van der Waals surface area contributed by atoms with Gasteiger partial charge in [0.1, 0.15) is 0 Å². The predicted molar refractivity (Wildman–Crippen MR) is 118 cm³/mol. The summed E-state index contributed by atoms with van der Waals surface area (Å²) in [7, 11) is 3.56. The Labute approximate surface area is 176 Å². The summed E-state index contributed by atoms with van der Waals surface area (Å²) in [5.74, 6) is 2.36. The van der Waals surface area contributed by atoms with Gasteiger partial charge in [-0.05, 0) is 43.2 Å². The molecule has 0 aliphatic carbocycles. The lowest BCUT2D eigenvalue weighted by Crippen LogP contribution is -2.32. The summed E-state index contributed by atoms with van der Waals surface area (Å²) in [5, 5.41) is 0. The lowest BCUT2D eigenvalue weighted by atomic mass is 10.1. The zero-order chi connectivity index (χ0) is 21.1. The van der Waals surface area contributed by atoms with Gasteiger partial charge in [0, 0.05) is 25.7 Å². The van der Waals surface area contributed by atoms with Gasteiger partial charge in [0.25, 0.3) is 5.91 Å². The second-order valence-electron chi connectivity index (χ2n) is 7.31. The van der Waals surface area contributed by atoms with Crippen LogP contribution in [-0.4, -0.2) is 49.7 Å². The Kier molecular flexibility index (Phi) is 5.70. The monoisotopic (exact) mass is 406 g/mol. The summed E-state index contributed by atoms with van der Waals surface area (Å²) in [5.41, 5.74) is 2.11. The summed E-state index contributed by atoms with van der Waals surface area (Å²) in [6.45, 7) is 4.01. The number of benzene rings is 2. The molecular weight excluding hydrogens is 380 g/mol. The molecule has 0 unspecified atom stereocenters. The molecule has 1 aromatic heterocycles. The molecule has 0 atom stereocenters. The highest BCUT2D eigenvalue weighted by Gasteiger charge is 2.28. The van der Waals surface area contributed by atoms with Crippen LogP contribution < -0.4 is 19.3 Å². The third-order valence-corrected chi connectivity index (χ3v) is 5.14. The molecule has 0 fully saturated rings. The molecule has 156 valence electrons. The van der Waals surface area contributed by atoms with E-state index in [4.69, 9.17) is 19.4 Å². The van der Waals surface area contributed by atoms with Crippen molar-refractivity contribution < 1.29 is 14.3 Å². The van der Waals surface area contributed by atoms with Crippen molar-refractivity contribution in [3.05, 3.63) is 48.0 Å². The minimum atomic E-state index is -0.128. The van der Waals surface area contributed by atoms with Gasteiger partial charge in [-0.3, -0.25) is 9.69 Å². The van der Waals surface area contributed by atoms with Gasteiger partial charge in [0.05, 0.1) is 24.8 Å². The van der Waals surface area contributed by atoms with Crippen molar-refractivity contribution in [2.24, 2.45) is 0 Å². The van der Waals surface area contributed by atoms with Gasteiger partial charge in [-0.15, -0.1) is 0 Å². The van der Waals surface area contributed by atoms with E-state index in [0.29, 0.717) is 36.0 Å². The van der Waals surface area contributed by atoms with Gasteiger partial charge in [-0.2, -0.15) is 0 Å². The molecule has 1 aliphatic rings. The zero-order valence-electron chi connectivity index (χ0n) is 17.6. The number of amides is 1. The molecule has 1 amide bonds. The Morgan fingerprint density at radius 3 is 2.47 bits per heavy atom. The van der Waals surface area contributed by atoms with Gasteiger partial charge in [0.2, 0.25) is 0 Å². The molecule has 3 aromatic rings. The first-order valence-electron chi connectivity index (χ1n) is 10.2. The molecule has 0 saturated carbocycles. The number of rotatable bonds is 5. The molecule has 7 nitrogen and oxygen atoms in total. The standard InChI is InChI=1S/C23H26N4O3/c1-4-14-30-19-11-10-16(15-20(19)29-3)23(28)27-13-7-12-26(2)21-22(27)25-18-9-6-5-8-17(18)24-21/h5-6,8-11,15H,4,7,12-14H2,1-3H3. The minimum Gasteiger partial charge on any atom is -0.493 e. The molecule has 2 aromatic carbocycles. The SMILES string of the molecule is CCCOc1ccc(C(=O)N2CCCN(C)c3nc4ccccc4nc32)cc1OC. The van der Waals surface area contributed by atoms with E-state index in [0.717, 1.165) is 36.2 Å². The fourth-order valence-corrected chi connectivity index (χ4v) is 3.58. The highest BCUT2D eigenvalue weighted by Crippen LogP contribution is 2.33. The first-order chi connectivity index (χ1) is 14.6. The fourth-order valence-electron chi connectivity index (χ4n) is 3.58. The average Bonchev–Trinajstić information content (AvgIpc) is 2.94. The van der Waals surface area contributed by atoms with E-state index in [9.17, 15) is 4.79 Å². The van der Waals surface area contributed by atoms with Crippen molar-refractivity contribution in [1.82, 2.24) is 9.97 Å². The number of carbonyl (C=O) groups excluding carboxylic acids is 1. The Morgan fingerprint density at radius 1 is 1.03 bits per heavy atom. The maximum absolute atomic E-state index is 13.5. The van der Waals surface area contributed by atoms with Crippen LogP contribution in [-0.2, 0) is 0 Å². The molecule has 0 spiro atoms. The summed E-state index contributed by atoms with van der Waals surface area (Å²) in [6.07, 6.45) is 1.72. The third-order valence-electron chi connectivity index (χ3n) is 5.14. The van der Waals surface area contributed by atoms with Crippen molar-refractivity contribution in [2.75, 3.05) is 43.7 Å². The lowest BCUT2D eigenvalue weighted by Gasteiger charge is -2.23. The number of nitrogens with zero attached hydrogens (tertiary/aromatic N) is 4. The van der Waals surface area contributed by atoms with Crippen LogP contribution in [0.1, 0.15) is 30.1 Å². The van der Waals surface area contributed by atoms with Crippen LogP contribution in [0, 0.1) is 0 Å². The maximum atomic E-state index is 13.5. The van der Waals surface area contributed by atoms with E-state index in [1.165, 1.54) is 0 Å². The quantitative estimate of drug-likeness (QED) is 0.640.